The molecule has 0 spiro atoms. The molecule has 9 heteroatoms. The molecule has 5 aliphatic rings. The number of aliphatic hydroxyl groups is 1. The van der Waals surface area contributed by atoms with Crippen LogP contribution in [-0.4, -0.2) is 59.0 Å². The van der Waals surface area contributed by atoms with Crippen LogP contribution in [0.2, 0.25) is 0 Å². The number of hydrogen-bond donors (Lipinski definition) is 2. The average Bonchev–Trinajstić information content (AvgIpc) is 2.91. The van der Waals surface area contributed by atoms with Gasteiger partial charge in [-0.15, -0.1) is 0 Å². The van der Waals surface area contributed by atoms with Crippen molar-refractivity contribution >= 4 is 23.9 Å². The molecule has 5 rings (SSSR count). The maximum absolute atomic E-state index is 13.0. The van der Waals surface area contributed by atoms with Gasteiger partial charge in [0.2, 0.25) is 0 Å². The summed E-state index contributed by atoms with van der Waals surface area (Å²) in [5, 5.41) is 22.5. The molecule has 0 radical (unpaired) electrons. The van der Waals surface area contributed by atoms with E-state index in [1.165, 1.54) is 20.8 Å². The van der Waals surface area contributed by atoms with Crippen LogP contribution in [0.3, 0.4) is 0 Å². The molecule has 252 valence electrons. The first-order valence-corrected chi connectivity index (χ1v) is 16.8. The molecule has 4 fully saturated rings. The van der Waals surface area contributed by atoms with Crippen LogP contribution < -0.4 is 0 Å². The minimum atomic E-state index is -0.976. The maximum Gasteiger partial charge on any atom is 0.310 e. The monoisotopic (exact) mass is 630 g/mol. The van der Waals surface area contributed by atoms with Crippen LogP contribution in [0.15, 0.2) is 11.6 Å². The van der Waals surface area contributed by atoms with Gasteiger partial charge in [0.25, 0.3) is 0 Å². The fourth-order valence-corrected chi connectivity index (χ4v) is 11.7. The van der Waals surface area contributed by atoms with Crippen molar-refractivity contribution in [3.63, 3.8) is 0 Å². The zero-order valence-electron chi connectivity index (χ0n) is 28.7. The Bertz CT molecular complexity index is 1300. The largest absolute Gasteiger partial charge is 0.481 e. The smallest absolute Gasteiger partial charge is 0.310 e. The summed E-state index contributed by atoms with van der Waals surface area (Å²) in [4.78, 5) is 50.0. The van der Waals surface area contributed by atoms with Gasteiger partial charge >= 0.3 is 23.9 Å². The molecular weight excluding hydrogens is 576 g/mol. The Morgan fingerprint density at radius 1 is 0.844 bits per heavy atom. The number of allylic oxidation sites excluding steroid dienone is 1. The van der Waals surface area contributed by atoms with Gasteiger partial charge in [0.05, 0.1) is 11.5 Å². The van der Waals surface area contributed by atoms with E-state index in [4.69, 9.17) is 14.2 Å². The lowest BCUT2D eigenvalue weighted by molar-refractivity contribution is -0.257. The molecule has 0 aromatic heterocycles. The first-order valence-electron chi connectivity index (χ1n) is 16.8. The van der Waals surface area contributed by atoms with Crippen molar-refractivity contribution in [3.8, 4) is 0 Å². The van der Waals surface area contributed by atoms with Gasteiger partial charge in [-0.1, -0.05) is 53.2 Å². The molecule has 0 heterocycles. The van der Waals surface area contributed by atoms with Gasteiger partial charge in [-0.3, -0.25) is 19.2 Å². The van der Waals surface area contributed by atoms with E-state index in [1.54, 1.807) is 0 Å². The molecule has 0 saturated heterocycles. The van der Waals surface area contributed by atoms with Crippen molar-refractivity contribution in [2.24, 2.45) is 50.2 Å². The van der Waals surface area contributed by atoms with E-state index < -0.39 is 69.8 Å². The zero-order valence-corrected chi connectivity index (χ0v) is 28.7. The highest BCUT2D eigenvalue weighted by atomic mass is 16.6. The van der Waals surface area contributed by atoms with Crippen LogP contribution in [0.5, 0.6) is 0 Å². The van der Waals surface area contributed by atoms with Gasteiger partial charge in [-0.25, -0.2) is 0 Å². The van der Waals surface area contributed by atoms with Crippen LogP contribution >= 0.6 is 0 Å². The maximum atomic E-state index is 13.0. The highest BCUT2D eigenvalue weighted by Gasteiger charge is 2.72. The van der Waals surface area contributed by atoms with Gasteiger partial charge in [0.15, 0.2) is 0 Å². The lowest BCUT2D eigenvalue weighted by atomic mass is 9.33. The molecule has 0 aromatic rings. The standard InChI is InChI=1S/C36H54O9/c1-20(37)43-19-33(7)25-12-13-35(9)26(32(25,6)18-24(44-21(2)38)29(33)45-22(3)39)11-10-23-27-28(40)31(4,5)14-16-36(27,30(41)42)17-15-34(23,35)8/h10,24-29,40H,11-19H2,1-9H3,(H,41,42)/t24-,25+,26+,27-,28+,29+,32+,33-,34-,35-,36+/m1/s1. The summed E-state index contributed by atoms with van der Waals surface area (Å²) >= 11 is 0. The van der Waals surface area contributed by atoms with Crippen LogP contribution in [0, 0.1) is 50.2 Å². The molecule has 0 amide bonds. The van der Waals surface area contributed by atoms with Crippen LogP contribution in [0.25, 0.3) is 0 Å². The van der Waals surface area contributed by atoms with Crippen molar-refractivity contribution in [1.82, 2.24) is 0 Å². The number of carbonyl (C=O) groups excluding carboxylic acids is 3. The predicted octanol–water partition coefficient (Wildman–Crippen LogP) is 5.86. The van der Waals surface area contributed by atoms with E-state index in [2.05, 4.69) is 40.7 Å². The number of aliphatic hydroxyl groups excluding tert-OH is 1. The van der Waals surface area contributed by atoms with Crippen molar-refractivity contribution in [1.29, 1.82) is 0 Å². The first-order chi connectivity index (χ1) is 20.7. The SMILES string of the molecule is CC(=O)OC[C@]1(C)[C@H]2CC[C@]3(C)[C@@H](CC=C4[C@@H]5[C@H](O)C(C)(C)CC[C@]5(C(=O)O)CC[C@]43C)[C@@]2(C)C[C@@H](OC(C)=O)[C@@H]1OC(C)=O. The van der Waals surface area contributed by atoms with E-state index in [0.717, 1.165) is 24.8 Å². The second-order valence-corrected chi connectivity index (χ2v) is 16.8. The fourth-order valence-electron chi connectivity index (χ4n) is 11.7. The second-order valence-electron chi connectivity index (χ2n) is 16.8. The van der Waals surface area contributed by atoms with Crippen LogP contribution in [-0.2, 0) is 33.4 Å². The summed E-state index contributed by atoms with van der Waals surface area (Å²) in [7, 11) is 0. The predicted molar refractivity (Wildman–Crippen MR) is 166 cm³/mol. The fraction of sp³-hybridized carbons (Fsp3) is 0.833. The number of carbonyl (C=O) groups is 4. The summed E-state index contributed by atoms with van der Waals surface area (Å²) in [5.74, 6) is -2.52. The Hall–Kier alpha value is -2.42. The van der Waals surface area contributed by atoms with E-state index in [9.17, 15) is 29.4 Å². The topological polar surface area (TPSA) is 136 Å². The zero-order chi connectivity index (χ0) is 33.5. The molecule has 0 aromatic carbocycles. The van der Waals surface area contributed by atoms with E-state index >= 15 is 0 Å². The van der Waals surface area contributed by atoms with Crippen LogP contribution in [0.4, 0.5) is 0 Å². The number of carboxylic acids is 1. The number of ether oxygens (including phenoxy) is 3. The highest BCUT2D eigenvalue weighted by Crippen LogP contribution is 2.76. The Balaban J connectivity index is 1.64. The third kappa shape index (κ3) is 4.79. The number of esters is 3. The van der Waals surface area contributed by atoms with Crippen molar-refractivity contribution < 1.29 is 43.6 Å². The summed E-state index contributed by atoms with van der Waals surface area (Å²) in [6.45, 7) is 17.1. The number of rotatable bonds is 5. The molecule has 11 atom stereocenters. The summed E-state index contributed by atoms with van der Waals surface area (Å²) in [6.07, 6.45) is 5.26. The van der Waals surface area contributed by atoms with Crippen molar-refractivity contribution in [3.05, 3.63) is 11.6 Å². The van der Waals surface area contributed by atoms with E-state index in [-0.39, 0.29) is 29.3 Å². The molecule has 0 aliphatic heterocycles. The Morgan fingerprint density at radius 2 is 1.47 bits per heavy atom. The molecule has 9 nitrogen and oxygen atoms in total. The molecular formula is C36H54O9. The molecule has 4 saturated carbocycles. The van der Waals surface area contributed by atoms with E-state index in [1.807, 2.05) is 6.92 Å². The number of carboxylic acid groups (broad SMARTS) is 1. The van der Waals surface area contributed by atoms with Gasteiger partial charge in [-0.05, 0) is 84.9 Å². The van der Waals surface area contributed by atoms with Crippen molar-refractivity contribution in [2.75, 3.05) is 6.61 Å². The Labute approximate surface area is 267 Å². The summed E-state index contributed by atoms with van der Waals surface area (Å²) in [5.41, 5.74) is -2.07. The second kappa shape index (κ2) is 10.8. The minimum absolute atomic E-state index is 0.0157. The normalized spacial score (nSPS) is 46.6. The number of aliphatic carboxylic acids is 1. The number of hydrogen-bond acceptors (Lipinski definition) is 8. The van der Waals surface area contributed by atoms with E-state index in [0.29, 0.717) is 32.1 Å². The lowest BCUT2D eigenvalue weighted by Gasteiger charge is -2.72. The third-order valence-corrected chi connectivity index (χ3v) is 14.2. The van der Waals surface area contributed by atoms with Crippen molar-refractivity contribution in [2.45, 2.75) is 132 Å². The quantitative estimate of drug-likeness (QED) is 0.217. The molecule has 5 aliphatic carbocycles. The molecule has 2 N–H and O–H groups in total. The summed E-state index contributed by atoms with van der Waals surface area (Å²) in [6, 6.07) is 0. The summed E-state index contributed by atoms with van der Waals surface area (Å²) < 4.78 is 17.5. The average molecular weight is 631 g/mol. The first kappa shape index (κ1) is 33.9. The lowest BCUT2D eigenvalue weighted by Crippen LogP contribution is -2.69. The molecule has 45 heavy (non-hydrogen) atoms. The Morgan fingerprint density at radius 3 is 2.04 bits per heavy atom. The third-order valence-electron chi connectivity index (χ3n) is 14.2. The van der Waals surface area contributed by atoms with Gasteiger partial charge in [0.1, 0.15) is 18.8 Å². The van der Waals surface area contributed by atoms with Gasteiger partial charge in [-0.2, -0.15) is 0 Å². The molecule has 0 bridgehead atoms. The van der Waals surface area contributed by atoms with Gasteiger partial charge in [0, 0.05) is 32.1 Å². The minimum Gasteiger partial charge on any atom is -0.481 e. The Kier molecular flexibility index (Phi) is 8.15. The number of fused-ring (bicyclic) bond motifs is 7. The molecule has 0 unspecified atom stereocenters. The highest BCUT2D eigenvalue weighted by molar-refractivity contribution is 5.77. The van der Waals surface area contributed by atoms with Gasteiger partial charge < -0.3 is 24.4 Å². The van der Waals surface area contributed by atoms with Crippen LogP contribution in [0.1, 0.15) is 114 Å².